The van der Waals surface area contributed by atoms with Gasteiger partial charge in [0, 0.05) is 38.8 Å². The first-order valence-electron chi connectivity index (χ1n) is 8.25. The lowest BCUT2D eigenvalue weighted by Gasteiger charge is -2.19. The van der Waals surface area contributed by atoms with Crippen LogP contribution >= 0.6 is 0 Å². The van der Waals surface area contributed by atoms with E-state index < -0.39 is 12.7 Å². The van der Waals surface area contributed by atoms with Gasteiger partial charge in [-0.2, -0.15) is 13.2 Å². The molecule has 0 aromatic heterocycles. The highest BCUT2D eigenvalue weighted by atomic mass is 19.4. The zero-order chi connectivity index (χ0) is 17.3. The minimum Gasteiger partial charge on any atom is -0.379 e. The first kappa shape index (κ1) is 20.0. The highest BCUT2D eigenvalue weighted by Crippen LogP contribution is 2.19. The second-order valence-corrected chi connectivity index (χ2v) is 6.01. The quantitative estimate of drug-likeness (QED) is 0.404. The molecule has 0 amide bonds. The van der Waals surface area contributed by atoms with Crippen LogP contribution in [0.5, 0.6) is 0 Å². The molecule has 1 heterocycles. The van der Waals surface area contributed by atoms with Crippen molar-refractivity contribution in [3.8, 4) is 0 Å². The van der Waals surface area contributed by atoms with Crippen LogP contribution in [0.3, 0.4) is 0 Å². The van der Waals surface area contributed by atoms with Crippen molar-refractivity contribution in [3.05, 3.63) is 0 Å². The molecule has 1 saturated heterocycles. The number of aliphatic imine (C=N–C) groups is 1. The summed E-state index contributed by atoms with van der Waals surface area (Å²) in [5.41, 5.74) is 0. The van der Waals surface area contributed by atoms with E-state index >= 15 is 0 Å². The van der Waals surface area contributed by atoms with Crippen LogP contribution in [0.2, 0.25) is 0 Å². The third kappa shape index (κ3) is 9.65. The molecule has 23 heavy (non-hydrogen) atoms. The van der Waals surface area contributed by atoms with E-state index in [4.69, 9.17) is 4.74 Å². The number of nitrogens with one attached hydrogen (secondary N) is 2. The van der Waals surface area contributed by atoms with Crippen LogP contribution in [0.15, 0.2) is 4.99 Å². The lowest BCUT2D eigenvalue weighted by molar-refractivity contribution is -0.143. The number of halogens is 3. The van der Waals surface area contributed by atoms with Crippen LogP contribution in [0.25, 0.3) is 0 Å². The fraction of sp³-hybridized carbons (Fsp3) is 0.933. The van der Waals surface area contributed by atoms with Gasteiger partial charge in [-0.1, -0.05) is 0 Å². The van der Waals surface area contributed by atoms with Crippen molar-refractivity contribution in [1.82, 2.24) is 15.5 Å². The Morgan fingerprint density at radius 2 is 2.13 bits per heavy atom. The third-order valence-electron chi connectivity index (χ3n) is 3.38. The van der Waals surface area contributed by atoms with Gasteiger partial charge in [0.2, 0.25) is 0 Å². The summed E-state index contributed by atoms with van der Waals surface area (Å²) in [4.78, 5) is 5.88. The molecule has 1 unspecified atom stereocenters. The van der Waals surface area contributed by atoms with E-state index in [9.17, 15) is 13.2 Å². The van der Waals surface area contributed by atoms with Gasteiger partial charge in [0.25, 0.3) is 0 Å². The first-order chi connectivity index (χ1) is 10.8. The molecule has 136 valence electrons. The molecule has 0 radical (unpaired) electrons. The van der Waals surface area contributed by atoms with Crippen LogP contribution in [0.1, 0.15) is 33.6 Å². The predicted octanol–water partition coefficient (Wildman–Crippen LogP) is 1.99. The van der Waals surface area contributed by atoms with Gasteiger partial charge in [0.1, 0.15) is 0 Å². The standard InChI is InChI=1S/C15H29F3N4O/c1-4-19-14(20-7-5-9-23-12(2)3)21-13-6-8-22(10-13)11-15(16,17)18/h12-13H,4-11H2,1-3H3,(H2,19,20,21). The van der Waals surface area contributed by atoms with E-state index in [1.807, 2.05) is 20.8 Å². The molecular weight excluding hydrogens is 309 g/mol. The van der Waals surface area contributed by atoms with E-state index in [0.29, 0.717) is 45.2 Å². The average Bonchev–Trinajstić information content (AvgIpc) is 2.83. The van der Waals surface area contributed by atoms with Crippen LogP contribution in [-0.4, -0.2) is 68.5 Å². The number of guanidine groups is 1. The molecule has 1 aliphatic heterocycles. The predicted molar refractivity (Wildman–Crippen MR) is 85.7 cm³/mol. The van der Waals surface area contributed by atoms with Crippen molar-refractivity contribution < 1.29 is 17.9 Å². The molecule has 0 aromatic carbocycles. The fourth-order valence-electron chi connectivity index (χ4n) is 2.44. The van der Waals surface area contributed by atoms with Crippen molar-refractivity contribution in [2.24, 2.45) is 4.99 Å². The van der Waals surface area contributed by atoms with Gasteiger partial charge in [0.15, 0.2) is 5.96 Å². The maximum atomic E-state index is 12.4. The Balaban J connectivity index is 2.35. The zero-order valence-electron chi connectivity index (χ0n) is 14.2. The summed E-state index contributed by atoms with van der Waals surface area (Å²) in [7, 11) is 0. The minimum atomic E-state index is -4.14. The summed E-state index contributed by atoms with van der Waals surface area (Å²) in [6.07, 6.45) is -2.41. The normalized spacial score (nSPS) is 20.3. The van der Waals surface area contributed by atoms with Crippen LogP contribution < -0.4 is 10.6 Å². The summed E-state index contributed by atoms with van der Waals surface area (Å²) in [6.45, 7) is 7.94. The summed E-state index contributed by atoms with van der Waals surface area (Å²) >= 11 is 0. The number of likely N-dealkylation sites (tertiary alicyclic amines) is 1. The average molecular weight is 338 g/mol. The molecule has 0 spiro atoms. The molecule has 2 N–H and O–H groups in total. The lowest BCUT2D eigenvalue weighted by atomic mass is 10.3. The first-order valence-corrected chi connectivity index (χ1v) is 8.25. The van der Waals surface area contributed by atoms with Gasteiger partial charge in [-0.25, -0.2) is 0 Å². The van der Waals surface area contributed by atoms with Crippen molar-refractivity contribution in [1.29, 1.82) is 0 Å². The molecule has 0 saturated carbocycles. The summed E-state index contributed by atoms with van der Waals surface area (Å²) in [5, 5.41) is 6.35. The molecule has 1 atom stereocenters. The molecule has 8 heteroatoms. The number of nitrogens with zero attached hydrogens (tertiary/aromatic N) is 2. The van der Waals surface area contributed by atoms with Crippen molar-refractivity contribution >= 4 is 5.96 Å². The smallest absolute Gasteiger partial charge is 0.379 e. The van der Waals surface area contributed by atoms with Crippen molar-refractivity contribution in [2.45, 2.75) is 51.9 Å². The van der Waals surface area contributed by atoms with E-state index in [-0.39, 0.29) is 12.1 Å². The Labute approximate surface area is 136 Å². The summed E-state index contributed by atoms with van der Waals surface area (Å²) < 4.78 is 42.7. The topological polar surface area (TPSA) is 48.9 Å². The lowest BCUT2D eigenvalue weighted by Crippen LogP contribution is -2.45. The monoisotopic (exact) mass is 338 g/mol. The third-order valence-corrected chi connectivity index (χ3v) is 3.38. The van der Waals surface area contributed by atoms with Crippen molar-refractivity contribution in [2.75, 3.05) is 39.3 Å². The highest BCUT2D eigenvalue weighted by molar-refractivity contribution is 5.80. The second kappa shape index (κ2) is 9.97. The Kier molecular flexibility index (Phi) is 8.68. The summed E-state index contributed by atoms with van der Waals surface area (Å²) in [5.74, 6) is 0.663. The molecule has 1 rings (SSSR count). The van der Waals surface area contributed by atoms with Gasteiger partial charge in [-0.05, 0) is 33.6 Å². The molecule has 5 nitrogen and oxygen atoms in total. The molecule has 1 aliphatic rings. The Hall–Kier alpha value is -1.02. The van der Waals surface area contributed by atoms with Crippen LogP contribution in [0, 0.1) is 0 Å². The van der Waals surface area contributed by atoms with Gasteiger partial charge in [-0.3, -0.25) is 9.89 Å². The number of ether oxygens (including phenoxy) is 1. The maximum absolute atomic E-state index is 12.4. The maximum Gasteiger partial charge on any atom is 0.401 e. The summed E-state index contributed by atoms with van der Waals surface area (Å²) in [6, 6.07) is 0.00191. The van der Waals surface area contributed by atoms with E-state index in [1.54, 1.807) is 0 Å². The van der Waals surface area contributed by atoms with Gasteiger partial charge < -0.3 is 15.4 Å². The van der Waals surface area contributed by atoms with Gasteiger partial charge in [-0.15, -0.1) is 0 Å². The SMILES string of the molecule is CCNC(=NCCCOC(C)C)NC1CCN(CC(F)(F)F)C1. The largest absolute Gasteiger partial charge is 0.401 e. The molecule has 0 aromatic rings. The van der Waals surface area contributed by atoms with E-state index in [1.165, 1.54) is 4.90 Å². The Bertz CT molecular complexity index is 361. The molecule has 1 fully saturated rings. The Morgan fingerprint density at radius 3 is 2.74 bits per heavy atom. The fourth-order valence-corrected chi connectivity index (χ4v) is 2.44. The molecule has 0 aliphatic carbocycles. The van der Waals surface area contributed by atoms with E-state index in [0.717, 1.165) is 6.42 Å². The second-order valence-electron chi connectivity index (χ2n) is 6.01. The minimum absolute atomic E-state index is 0.00191. The van der Waals surface area contributed by atoms with Crippen molar-refractivity contribution in [3.63, 3.8) is 0 Å². The number of hydrogen-bond donors (Lipinski definition) is 2. The highest BCUT2D eigenvalue weighted by Gasteiger charge is 2.34. The number of hydrogen-bond acceptors (Lipinski definition) is 3. The van der Waals surface area contributed by atoms with E-state index in [2.05, 4.69) is 15.6 Å². The van der Waals surface area contributed by atoms with Crippen LogP contribution in [0.4, 0.5) is 13.2 Å². The zero-order valence-corrected chi connectivity index (χ0v) is 14.2. The number of rotatable bonds is 8. The molecular formula is C15H29F3N4O. The Morgan fingerprint density at radius 1 is 1.39 bits per heavy atom. The number of alkyl halides is 3. The van der Waals surface area contributed by atoms with Gasteiger partial charge in [0.05, 0.1) is 12.6 Å². The van der Waals surface area contributed by atoms with Crippen LogP contribution in [-0.2, 0) is 4.74 Å². The van der Waals surface area contributed by atoms with Gasteiger partial charge >= 0.3 is 6.18 Å². The molecule has 0 bridgehead atoms.